The van der Waals surface area contributed by atoms with Gasteiger partial charge >= 0.3 is 0 Å². The third kappa shape index (κ3) is 1.29. The molecule has 54 valence electrons. The fourth-order valence-electron chi connectivity index (χ4n) is 1.04. The van der Waals surface area contributed by atoms with Crippen LogP contribution in [0.15, 0.2) is 36.1 Å². The Kier molecular flexibility index (Phi) is 2.32. The van der Waals surface area contributed by atoms with E-state index in [0.717, 1.165) is 18.8 Å². The van der Waals surface area contributed by atoms with E-state index in [-0.39, 0.29) is 0 Å². The Labute approximate surface area is 61.7 Å². The fraction of sp³-hybridized carbons (Fsp3) is 0.333. The Balaban J connectivity index is 2.77. The minimum absolute atomic E-state index is 0.819. The fourth-order valence-corrected chi connectivity index (χ4v) is 1.04. The van der Waals surface area contributed by atoms with Crippen LogP contribution in [0.25, 0.3) is 0 Å². The standard InChI is InChI=1S/C9H12O/c1-3-5-9-8(4-2)6-7-10-9/h3-5H,1,6-7H2,2H3. The highest BCUT2D eigenvalue weighted by Crippen LogP contribution is 2.22. The van der Waals surface area contributed by atoms with E-state index in [2.05, 4.69) is 12.7 Å². The van der Waals surface area contributed by atoms with Crippen LogP contribution < -0.4 is 0 Å². The van der Waals surface area contributed by atoms with E-state index < -0.39 is 0 Å². The summed E-state index contributed by atoms with van der Waals surface area (Å²) in [5.41, 5.74) is 1.29. The summed E-state index contributed by atoms with van der Waals surface area (Å²) >= 11 is 0. The topological polar surface area (TPSA) is 9.23 Å². The van der Waals surface area contributed by atoms with E-state index in [1.165, 1.54) is 5.57 Å². The molecule has 1 rings (SSSR count). The van der Waals surface area contributed by atoms with E-state index in [1.54, 1.807) is 6.08 Å². The minimum atomic E-state index is 0.819. The van der Waals surface area contributed by atoms with Crippen molar-refractivity contribution in [3.63, 3.8) is 0 Å². The summed E-state index contributed by atoms with van der Waals surface area (Å²) in [6.45, 7) is 6.46. The lowest BCUT2D eigenvalue weighted by molar-refractivity contribution is 0.266. The van der Waals surface area contributed by atoms with Crippen LogP contribution in [0.1, 0.15) is 13.3 Å². The maximum absolute atomic E-state index is 5.32. The molecular weight excluding hydrogens is 124 g/mol. The maximum Gasteiger partial charge on any atom is 0.122 e. The molecular formula is C9H12O. The van der Waals surface area contributed by atoms with Gasteiger partial charge in [-0.05, 0) is 18.6 Å². The third-order valence-electron chi connectivity index (χ3n) is 1.56. The average Bonchev–Trinajstić information content (AvgIpc) is 2.36. The molecule has 0 unspecified atom stereocenters. The molecule has 0 aromatic rings. The zero-order valence-electron chi connectivity index (χ0n) is 6.26. The van der Waals surface area contributed by atoms with Crippen LogP contribution in [-0.2, 0) is 4.74 Å². The van der Waals surface area contributed by atoms with E-state index in [4.69, 9.17) is 4.74 Å². The number of allylic oxidation sites excluding steroid dienone is 4. The molecule has 1 aliphatic rings. The second-order valence-corrected chi connectivity index (χ2v) is 2.18. The predicted molar refractivity (Wildman–Crippen MR) is 42.6 cm³/mol. The van der Waals surface area contributed by atoms with Crippen molar-refractivity contribution in [3.05, 3.63) is 36.1 Å². The van der Waals surface area contributed by atoms with Gasteiger partial charge in [0.15, 0.2) is 0 Å². The van der Waals surface area contributed by atoms with Gasteiger partial charge in [-0.3, -0.25) is 0 Å². The Morgan fingerprint density at radius 2 is 2.40 bits per heavy atom. The Hall–Kier alpha value is -0.980. The quantitative estimate of drug-likeness (QED) is 0.538. The van der Waals surface area contributed by atoms with Crippen LogP contribution >= 0.6 is 0 Å². The van der Waals surface area contributed by atoms with E-state index in [9.17, 15) is 0 Å². The molecule has 0 bridgehead atoms. The lowest BCUT2D eigenvalue weighted by Gasteiger charge is -1.95. The highest BCUT2D eigenvalue weighted by molar-refractivity contribution is 5.30. The smallest absolute Gasteiger partial charge is 0.122 e. The van der Waals surface area contributed by atoms with Crippen molar-refractivity contribution in [3.8, 4) is 0 Å². The van der Waals surface area contributed by atoms with Crippen molar-refractivity contribution in [2.24, 2.45) is 0 Å². The first-order valence-electron chi connectivity index (χ1n) is 3.49. The number of hydrogen-bond acceptors (Lipinski definition) is 1. The first-order valence-corrected chi connectivity index (χ1v) is 3.49. The summed E-state index contributed by atoms with van der Waals surface area (Å²) in [5.74, 6) is 0.984. The van der Waals surface area contributed by atoms with E-state index in [1.807, 2.05) is 13.0 Å². The first-order chi connectivity index (χ1) is 4.88. The largest absolute Gasteiger partial charge is 0.493 e. The van der Waals surface area contributed by atoms with Gasteiger partial charge in [-0.1, -0.05) is 18.7 Å². The predicted octanol–water partition coefficient (Wildman–Crippen LogP) is 2.42. The molecule has 0 aliphatic carbocycles. The molecule has 0 radical (unpaired) electrons. The lowest BCUT2D eigenvalue weighted by Crippen LogP contribution is -1.78. The molecule has 0 atom stereocenters. The molecule has 1 heteroatoms. The zero-order chi connectivity index (χ0) is 7.40. The Morgan fingerprint density at radius 1 is 1.60 bits per heavy atom. The van der Waals surface area contributed by atoms with Gasteiger partial charge in [0.05, 0.1) is 6.61 Å². The summed E-state index contributed by atoms with van der Waals surface area (Å²) in [6.07, 6.45) is 6.78. The molecule has 0 saturated carbocycles. The van der Waals surface area contributed by atoms with E-state index in [0.29, 0.717) is 0 Å². The molecule has 1 heterocycles. The first kappa shape index (κ1) is 7.13. The van der Waals surface area contributed by atoms with Gasteiger partial charge in [-0.25, -0.2) is 0 Å². The van der Waals surface area contributed by atoms with Crippen LogP contribution in [0.4, 0.5) is 0 Å². The molecule has 1 saturated heterocycles. The second-order valence-electron chi connectivity index (χ2n) is 2.18. The van der Waals surface area contributed by atoms with Gasteiger partial charge in [-0.15, -0.1) is 0 Å². The van der Waals surface area contributed by atoms with Crippen molar-refractivity contribution in [1.82, 2.24) is 0 Å². The number of rotatable bonds is 1. The van der Waals surface area contributed by atoms with Crippen LogP contribution in [0.3, 0.4) is 0 Å². The maximum atomic E-state index is 5.32. The molecule has 10 heavy (non-hydrogen) atoms. The Morgan fingerprint density at radius 3 is 3.00 bits per heavy atom. The van der Waals surface area contributed by atoms with Crippen LogP contribution in [0, 0.1) is 0 Å². The van der Waals surface area contributed by atoms with Crippen LogP contribution in [-0.4, -0.2) is 6.61 Å². The second kappa shape index (κ2) is 3.25. The van der Waals surface area contributed by atoms with Gasteiger partial charge in [-0.2, -0.15) is 0 Å². The van der Waals surface area contributed by atoms with Crippen molar-refractivity contribution in [2.75, 3.05) is 6.61 Å². The highest BCUT2D eigenvalue weighted by Gasteiger charge is 2.11. The monoisotopic (exact) mass is 136 g/mol. The minimum Gasteiger partial charge on any atom is -0.493 e. The number of ether oxygens (including phenoxy) is 1. The molecule has 1 fully saturated rings. The summed E-state index contributed by atoms with van der Waals surface area (Å²) < 4.78 is 5.32. The van der Waals surface area contributed by atoms with Gasteiger partial charge in [0, 0.05) is 6.42 Å². The summed E-state index contributed by atoms with van der Waals surface area (Å²) in [7, 11) is 0. The SMILES string of the molecule is C=CC=C1OCCC1=CC. The van der Waals surface area contributed by atoms with Crippen molar-refractivity contribution < 1.29 is 4.74 Å². The third-order valence-corrected chi connectivity index (χ3v) is 1.56. The summed E-state index contributed by atoms with van der Waals surface area (Å²) in [4.78, 5) is 0. The Bertz CT molecular complexity index is 187. The van der Waals surface area contributed by atoms with E-state index >= 15 is 0 Å². The highest BCUT2D eigenvalue weighted by atomic mass is 16.5. The molecule has 0 aromatic carbocycles. The molecule has 1 nitrogen and oxygen atoms in total. The normalized spacial score (nSPS) is 25.3. The summed E-state index contributed by atoms with van der Waals surface area (Å²) in [6, 6.07) is 0. The van der Waals surface area contributed by atoms with Crippen molar-refractivity contribution in [2.45, 2.75) is 13.3 Å². The molecule has 0 spiro atoms. The lowest BCUT2D eigenvalue weighted by atomic mass is 10.2. The molecule has 0 N–H and O–H groups in total. The van der Waals surface area contributed by atoms with Gasteiger partial charge in [0.1, 0.15) is 5.76 Å². The number of hydrogen-bond donors (Lipinski definition) is 0. The van der Waals surface area contributed by atoms with Crippen molar-refractivity contribution in [1.29, 1.82) is 0 Å². The summed E-state index contributed by atoms with van der Waals surface area (Å²) in [5, 5.41) is 0. The van der Waals surface area contributed by atoms with Gasteiger partial charge in [0.2, 0.25) is 0 Å². The van der Waals surface area contributed by atoms with Gasteiger partial charge < -0.3 is 4.74 Å². The molecule has 0 amide bonds. The van der Waals surface area contributed by atoms with Gasteiger partial charge in [0.25, 0.3) is 0 Å². The molecule has 1 aliphatic heterocycles. The van der Waals surface area contributed by atoms with Crippen LogP contribution in [0.5, 0.6) is 0 Å². The molecule has 0 aromatic heterocycles. The average molecular weight is 136 g/mol. The van der Waals surface area contributed by atoms with Crippen LogP contribution in [0.2, 0.25) is 0 Å². The zero-order valence-corrected chi connectivity index (χ0v) is 6.26. The van der Waals surface area contributed by atoms with Crippen molar-refractivity contribution >= 4 is 0 Å².